The molecule has 1 amide bonds. The first-order valence-electron chi connectivity index (χ1n) is 8.73. The Morgan fingerprint density at radius 1 is 0.963 bits per heavy atom. The molecule has 5 nitrogen and oxygen atoms in total. The Balaban J connectivity index is 1.51. The van der Waals surface area contributed by atoms with Gasteiger partial charge >= 0.3 is 0 Å². The van der Waals surface area contributed by atoms with E-state index in [1.807, 2.05) is 42.3 Å². The summed E-state index contributed by atoms with van der Waals surface area (Å²) >= 11 is 0. The van der Waals surface area contributed by atoms with E-state index < -0.39 is 0 Å². The van der Waals surface area contributed by atoms with E-state index in [9.17, 15) is 9.18 Å². The van der Waals surface area contributed by atoms with E-state index in [-0.39, 0.29) is 17.4 Å². The lowest BCUT2D eigenvalue weighted by Crippen LogP contribution is -2.27. The zero-order valence-corrected chi connectivity index (χ0v) is 15.1. The summed E-state index contributed by atoms with van der Waals surface area (Å²) in [5.74, 6) is 0.152. The summed E-state index contributed by atoms with van der Waals surface area (Å²) in [7, 11) is 1.93. The first-order chi connectivity index (χ1) is 13.1. The fraction of sp³-hybridized carbons (Fsp3) is 0.190. The number of nitrogens with zero attached hydrogens (tertiary/aromatic N) is 3. The number of aromatic nitrogens is 2. The number of carbonyl (C=O) groups is 1. The summed E-state index contributed by atoms with van der Waals surface area (Å²) in [5, 5.41) is 11.0. The molecule has 0 radical (unpaired) electrons. The van der Waals surface area contributed by atoms with E-state index in [1.165, 1.54) is 17.7 Å². The normalized spacial score (nSPS) is 10.4. The number of anilines is 1. The van der Waals surface area contributed by atoms with Gasteiger partial charge in [-0.15, -0.1) is 10.2 Å². The molecular weight excluding hydrogens is 343 g/mol. The van der Waals surface area contributed by atoms with Gasteiger partial charge in [0.2, 0.25) is 0 Å². The number of rotatable bonds is 7. The summed E-state index contributed by atoms with van der Waals surface area (Å²) in [6, 6.07) is 19.7. The Hall–Kier alpha value is -3.28. The minimum Gasteiger partial charge on any atom is -0.354 e. The maximum absolute atomic E-state index is 12.9. The van der Waals surface area contributed by atoms with Gasteiger partial charge in [-0.05, 0) is 41.8 Å². The van der Waals surface area contributed by atoms with E-state index in [1.54, 1.807) is 24.3 Å². The quantitative estimate of drug-likeness (QED) is 0.699. The van der Waals surface area contributed by atoms with Crippen LogP contribution in [0.2, 0.25) is 0 Å². The molecule has 0 spiro atoms. The molecular formula is C21H21FN4O. The van der Waals surface area contributed by atoms with Crippen LogP contribution in [0.25, 0.3) is 0 Å². The lowest BCUT2D eigenvalue weighted by molar-refractivity contribution is 0.0948. The van der Waals surface area contributed by atoms with Gasteiger partial charge in [-0.25, -0.2) is 4.39 Å². The highest BCUT2D eigenvalue weighted by Gasteiger charge is 2.10. The van der Waals surface area contributed by atoms with Crippen molar-refractivity contribution in [3.63, 3.8) is 0 Å². The summed E-state index contributed by atoms with van der Waals surface area (Å²) in [4.78, 5) is 14.1. The third kappa shape index (κ3) is 5.34. The Bertz CT molecular complexity index is 867. The van der Waals surface area contributed by atoms with E-state index in [0.717, 1.165) is 5.56 Å². The maximum atomic E-state index is 12.9. The molecule has 27 heavy (non-hydrogen) atoms. The smallest absolute Gasteiger partial charge is 0.271 e. The predicted molar refractivity (Wildman–Crippen MR) is 103 cm³/mol. The van der Waals surface area contributed by atoms with Crippen LogP contribution in [0.3, 0.4) is 0 Å². The summed E-state index contributed by atoms with van der Waals surface area (Å²) in [6.07, 6.45) is 0.622. The lowest BCUT2D eigenvalue weighted by Gasteiger charge is -2.17. The molecule has 0 saturated carbocycles. The van der Waals surface area contributed by atoms with Crippen molar-refractivity contribution in [1.82, 2.24) is 15.5 Å². The van der Waals surface area contributed by atoms with Gasteiger partial charge in [0.1, 0.15) is 5.82 Å². The largest absolute Gasteiger partial charge is 0.354 e. The highest BCUT2D eigenvalue weighted by molar-refractivity contribution is 5.92. The topological polar surface area (TPSA) is 58.1 Å². The number of halogens is 1. The van der Waals surface area contributed by atoms with E-state index >= 15 is 0 Å². The van der Waals surface area contributed by atoms with Gasteiger partial charge in [0.05, 0.1) is 0 Å². The molecule has 0 fully saturated rings. The minimum atomic E-state index is -0.276. The van der Waals surface area contributed by atoms with Crippen LogP contribution >= 0.6 is 0 Å². The first kappa shape index (κ1) is 18.5. The summed E-state index contributed by atoms with van der Waals surface area (Å²) < 4.78 is 12.9. The second-order valence-corrected chi connectivity index (χ2v) is 6.25. The van der Waals surface area contributed by atoms with E-state index in [4.69, 9.17) is 0 Å². The first-order valence-corrected chi connectivity index (χ1v) is 8.73. The van der Waals surface area contributed by atoms with Crippen molar-refractivity contribution in [3.8, 4) is 0 Å². The zero-order valence-electron chi connectivity index (χ0n) is 15.1. The van der Waals surface area contributed by atoms with Crippen molar-refractivity contribution in [1.29, 1.82) is 0 Å². The molecule has 0 aliphatic heterocycles. The van der Waals surface area contributed by atoms with Gasteiger partial charge in [-0.1, -0.05) is 42.5 Å². The second kappa shape index (κ2) is 8.89. The Morgan fingerprint density at radius 3 is 2.37 bits per heavy atom. The van der Waals surface area contributed by atoms with Crippen LogP contribution in [0, 0.1) is 5.82 Å². The number of nitrogens with one attached hydrogen (secondary N) is 1. The molecule has 2 aromatic carbocycles. The van der Waals surface area contributed by atoms with Crippen LogP contribution in [0.1, 0.15) is 21.6 Å². The van der Waals surface area contributed by atoms with Crippen LogP contribution in [-0.2, 0) is 13.0 Å². The number of carbonyl (C=O) groups excluding carboxylic acids is 1. The standard InChI is InChI=1S/C21H21FN4O/c1-26(15-17-5-3-2-4-6-17)20-12-11-19(24-25-20)21(27)23-14-13-16-7-9-18(22)10-8-16/h2-12H,13-15H2,1H3,(H,23,27). The molecule has 1 N–H and O–H groups in total. The van der Waals surface area contributed by atoms with Gasteiger partial charge in [0.25, 0.3) is 5.91 Å². The number of benzene rings is 2. The van der Waals surface area contributed by atoms with Crippen molar-refractivity contribution in [2.24, 2.45) is 0 Å². The molecule has 1 heterocycles. The molecule has 0 aliphatic rings. The molecule has 0 aliphatic carbocycles. The van der Waals surface area contributed by atoms with Gasteiger partial charge in [0.15, 0.2) is 11.5 Å². The molecule has 0 atom stereocenters. The highest BCUT2D eigenvalue weighted by atomic mass is 19.1. The molecule has 0 unspecified atom stereocenters. The van der Waals surface area contributed by atoms with Crippen molar-refractivity contribution in [2.45, 2.75) is 13.0 Å². The Labute approximate surface area is 157 Å². The van der Waals surface area contributed by atoms with Crippen LogP contribution < -0.4 is 10.2 Å². The number of hydrogen-bond donors (Lipinski definition) is 1. The lowest BCUT2D eigenvalue weighted by atomic mass is 10.1. The fourth-order valence-corrected chi connectivity index (χ4v) is 2.65. The minimum absolute atomic E-state index is 0.268. The van der Waals surface area contributed by atoms with Gasteiger partial charge in [-0.2, -0.15) is 0 Å². The van der Waals surface area contributed by atoms with Gasteiger partial charge in [0, 0.05) is 20.1 Å². The molecule has 1 aromatic heterocycles. The molecule has 0 bridgehead atoms. The van der Waals surface area contributed by atoms with Gasteiger partial charge in [-0.3, -0.25) is 4.79 Å². The van der Waals surface area contributed by atoms with Crippen LogP contribution in [0.15, 0.2) is 66.7 Å². The number of hydrogen-bond acceptors (Lipinski definition) is 4. The predicted octanol–water partition coefficient (Wildman–Crippen LogP) is 3.22. The third-order valence-corrected chi connectivity index (χ3v) is 4.15. The molecule has 3 aromatic rings. The molecule has 0 saturated heterocycles. The van der Waals surface area contributed by atoms with E-state index in [2.05, 4.69) is 15.5 Å². The van der Waals surface area contributed by atoms with Crippen LogP contribution in [0.4, 0.5) is 10.2 Å². The SMILES string of the molecule is CN(Cc1ccccc1)c1ccc(C(=O)NCCc2ccc(F)cc2)nn1. The summed E-state index contributed by atoms with van der Waals surface area (Å²) in [5.41, 5.74) is 2.40. The Morgan fingerprint density at radius 2 is 1.70 bits per heavy atom. The highest BCUT2D eigenvalue weighted by Crippen LogP contribution is 2.12. The van der Waals surface area contributed by atoms with E-state index in [0.29, 0.717) is 25.3 Å². The van der Waals surface area contributed by atoms with Crippen LogP contribution in [0.5, 0.6) is 0 Å². The third-order valence-electron chi connectivity index (χ3n) is 4.15. The molecule has 138 valence electrons. The zero-order chi connectivity index (χ0) is 19.1. The second-order valence-electron chi connectivity index (χ2n) is 6.25. The van der Waals surface area contributed by atoms with Crippen LogP contribution in [-0.4, -0.2) is 29.7 Å². The molecule has 6 heteroatoms. The number of amides is 1. The van der Waals surface area contributed by atoms with Gasteiger partial charge < -0.3 is 10.2 Å². The monoisotopic (exact) mass is 364 g/mol. The maximum Gasteiger partial charge on any atom is 0.271 e. The average Bonchev–Trinajstić information content (AvgIpc) is 2.70. The van der Waals surface area contributed by atoms with Crippen molar-refractivity contribution in [3.05, 3.63) is 89.4 Å². The van der Waals surface area contributed by atoms with Crippen molar-refractivity contribution < 1.29 is 9.18 Å². The fourth-order valence-electron chi connectivity index (χ4n) is 2.65. The van der Waals surface area contributed by atoms with Crippen molar-refractivity contribution in [2.75, 3.05) is 18.5 Å². The van der Waals surface area contributed by atoms with Crippen molar-refractivity contribution >= 4 is 11.7 Å². The average molecular weight is 364 g/mol. The molecule has 3 rings (SSSR count). The summed E-state index contributed by atoms with van der Waals surface area (Å²) in [6.45, 7) is 1.15. The Kier molecular flexibility index (Phi) is 6.10.